The average molecular weight is 368 g/mol. The summed E-state index contributed by atoms with van der Waals surface area (Å²) in [6, 6.07) is 8.43. The van der Waals surface area contributed by atoms with Crippen molar-refractivity contribution in [1.82, 2.24) is 14.7 Å². The van der Waals surface area contributed by atoms with Crippen molar-refractivity contribution in [1.29, 1.82) is 0 Å². The van der Waals surface area contributed by atoms with Crippen LogP contribution in [0.5, 0.6) is 0 Å². The van der Waals surface area contributed by atoms with E-state index >= 15 is 0 Å². The molecule has 6 nitrogen and oxygen atoms in total. The summed E-state index contributed by atoms with van der Waals surface area (Å²) in [5, 5.41) is 4.38. The molecule has 0 radical (unpaired) electrons. The van der Waals surface area contributed by atoms with Crippen LogP contribution in [0, 0.1) is 13.8 Å². The van der Waals surface area contributed by atoms with Gasteiger partial charge in [-0.05, 0) is 37.6 Å². The molecule has 0 bridgehead atoms. The highest BCUT2D eigenvalue weighted by molar-refractivity contribution is 5.91. The maximum Gasteiger partial charge on any atom is 0.246 e. The quantitative estimate of drug-likeness (QED) is 0.761. The van der Waals surface area contributed by atoms with Gasteiger partial charge in [0.05, 0.1) is 18.9 Å². The van der Waals surface area contributed by atoms with E-state index in [0.717, 1.165) is 48.8 Å². The number of aryl methyl sites for hydroxylation is 2. The number of nitrogens with zero attached hydrogens (tertiary/aromatic N) is 4. The molecule has 1 fully saturated rings. The monoisotopic (exact) mass is 368 g/mol. The van der Waals surface area contributed by atoms with E-state index in [-0.39, 0.29) is 5.91 Å². The van der Waals surface area contributed by atoms with Gasteiger partial charge in [-0.15, -0.1) is 0 Å². The van der Waals surface area contributed by atoms with Crippen LogP contribution in [0.15, 0.2) is 30.3 Å². The summed E-state index contributed by atoms with van der Waals surface area (Å²) < 4.78 is 7.23. The van der Waals surface area contributed by atoms with Crippen molar-refractivity contribution >= 4 is 17.7 Å². The number of anilines is 1. The molecule has 1 aliphatic heterocycles. The molecule has 0 atom stereocenters. The fourth-order valence-corrected chi connectivity index (χ4v) is 3.30. The number of ether oxygens (including phenoxy) is 1. The zero-order chi connectivity index (χ0) is 19.4. The van der Waals surface area contributed by atoms with Gasteiger partial charge in [0.1, 0.15) is 0 Å². The van der Waals surface area contributed by atoms with Crippen molar-refractivity contribution in [2.24, 2.45) is 7.05 Å². The molecule has 1 aromatic heterocycles. The molecule has 2 aromatic rings. The van der Waals surface area contributed by atoms with E-state index in [9.17, 15) is 4.79 Å². The summed E-state index contributed by atoms with van der Waals surface area (Å²) in [5.41, 5.74) is 5.32. The van der Waals surface area contributed by atoms with Crippen LogP contribution in [0.1, 0.15) is 22.5 Å². The van der Waals surface area contributed by atoms with Gasteiger partial charge in [0.15, 0.2) is 0 Å². The van der Waals surface area contributed by atoms with Gasteiger partial charge in [-0.25, -0.2) is 0 Å². The van der Waals surface area contributed by atoms with E-state index in [1.807, 2.05) is 38.7 Å². The Bertz CT molecular complexity index is 817. The number of likely N-dealkylation sites (N-methyl/N-ethyl adjacent to an activating group) is 1. The minimum absolute atomic E-state index is 0.0186. The Morgan fingerprint density at radius 1 is 1.22 bits per heavy atom. The standard InChI is InChI=1S/C21H28N4O2/c1-16-20(17(2)24(4)22-16)9-10-21(26)23(3)15-18-5-7-19(8-6-18)25-11-13-27-14-12-25/h5-10H,11-15H2,1-4H3/b10-9+. The number of amides is 1. The van der Waals surface area contributed by atoms with Crippen molar-refractivity contribution in [3.8, 4) is 0 Å². The summed E-state index contributed by atoms with van der Waals surface area (Å²) in [4.78, 5) is 16.5. The number of hydrogen-bond donors (Lipinski definition) is 0. The maximum atomic E-state index is 12.5. The Morgan fingerprint density at radius 2 is 1.89 bits per heavy atom. The Kier molecular flexibility index (Phi) is 5.96. The Labute approximate surface area is 161 Å². The molecule has 2 heterocycles. The Hall–Kier alpha value is -2.60. The molecule has 0 unspecified atom stereocenters. The van der Waals surface area contributed by atoms with Gasteiger partial charge in [0.25, 0.3) is 0 Å². The molecule has 0 spiro atoms. The first-order valence-corrected chi connectivity index (χ1v) is 9.30. The summed E-state index contributed by atoms with van der Waals surface area (Å²) in [6.45, 7) is 7.95. The lowest BCUT2D eigenvalue weighted by atomic mass is 10.1. The van der Waals surface area contributed by atoms with E-state index in [1.165, 1.54) is 5.69 Å². The zero-order valence-corrected chi connectivity index (χ0v) is 16.6. The summed E-state index contributed by atoms with van der Waals surface area (Å²) >= 11 is 0. The second-order valence-corrected chi connectivity index (χ2v) is 7.00. The third-order valence-electron chi connectivity index (χ3n) is 5.07. The summed E-state index contributed by atoms with van der Waals surface area (Å²) in [6.07, 6.45) is 3.48. The van der Waals surface area contributed by atoms with Crippen molar-refractivity contribution in [3.63, 3.8) is 0 Å². The smallest absolute Gasteiger partial charge is 0.246 e. The number of carbonyl (C=O) groups excluding carboxylic acids is 1. The number of aromatic nitrogens is 2. The van der Waals surface area contributed by atoms with Crippen LogP contribution in [0.2, 0.25) is 0 Å². The molecule has 144 valence electrons. The van der Waals surface area contributed by atoms with Gasteiger partial charge in [-0.2, -0.15) is 5.10 Å². The van der Waals surface area contributed by atoms with E-state index in [4.69, 9.17) is 4.74 Å². The van der Waals surface area contributed by atoms with Crippen LogP contribution < -0.4 is 4.90 Å². The second kappa shape index (κ2) is 8.39. The lowest BCUT2D eigenvalue weighted by molar-refractivity contribution is -0.125. The number of morpholine rings is 1. The fraction of sp³-hybridized carbons (Fsp3) is 0.429. The minimum atomic E-state index is -0.0186. The van der Waals surface area contributed by atoms with Crippen molar-refractivity contribution in [3.05, 3.63) is 52.9 Å². The first kappa shape index (κ1) is 19.2. The lowest BCUT2D eigenvalue weighted by Gasteiger charge is -2.29. The highest BCUT2D eigenvalue weighted by Crippen LogP contribution is 2.18. The normalized spacial score (nSPS) is 14.7. The third kappa shape index (κ3) is 4.57. The molecule has 27 heavy (non-hydrogen) atoms. The molecule has 1 aliphatic rings. The second-order valence-electron chi connectivity index (χ2n) is 7.00. The minimum Gasteiger partial charge on any atom is -0.378 e. The van der Waals surface area contributed by atoms with Crippen molar-refractivity contribution in [2.75, 3.05) is 38.3 Å². The molecule has 0 N–H and O–H groups in total. The molecule has 3 rings (SSSR count). The highest BCUT2D eigenvalue weighted by Gasteiger charge is 2.12. The van der Waals surface area contributed by atoms with E-state index in [2.05, 4.69) is 34.3 Å². The van der Waals surface area contributed by atoms with E-state index in [1.54, 1.807) is 11.0 Å². The zero-order valence-electron chi connectivity index (χ0n) is 16.6. The molecule has 6 heteroatoms. The molecule has 1 saturated heterocycles. The topological polar surface area (TPSA) is 50.6 Å². The van der Waals surface area contributed by atoms with Crippen LogP contribution >= 0.6 is 0 Å². The van der Waals surface area contributed by atoms with Crippen LogP contribution in [-0.2, 0) is 23.1 Å². The van der Waals surface area contributed by atoms with Crippen LogP contribution in [0.25, 0.3) is 6.08 Å². The third-order valence-corrected chi connectivity index (χ3v) is 5.07. The van der Waals surface area contributed by atoms with Gasteiger partial charge in [0.2, 0.25) is 5.91 Å². The number of hydrogen-bond acceptors (Lipinski definition) is 4. The van der Waals surface area contributed by atoms with E-state index < -0.39 is 0 Å². The van der Waals surface area contributed by atoms with Gasteiger partial charge in [-0.1, -0.05) is 12.1 Å². The number of benzene rings is 1. The van der Waals surface area contributed by atoms with Crippen LogP contribution in [0.3, 0.4) is 0 Å². The molecular formula is C21H28N4O2. The molecule has 0 saturated carbocycles. The Balaban J connectivity index is 1.60. The molecule has 1 aromatic carbocycles. The SMILES string of the molecule is Cc1nn(C)c(C)c1/C=C/C(=O)N(C)Cc1ccc(N2CCOCC2)cc1. The Morgan fingerprint density at radius 3 is 2.48 bits per heavy atom. The first-order valence-electron chi connectivity index (χ1n) is 9.30. The van der Waals surface area contributed by atoms with E-state index in [0.29, 0.717) is 6.54 Å². The molecule has 0 aliphatic carbocycles. The first-order chi connectivity index (χ1) is 13.0. The average Bonchev–Trinajstić information content (AvgIpc) is 2.92. The van der Waals surface area contributed by atoms with Gasteiger partial charge >= 0.3 is 0 Å². The molecule has 1 amide bonds. The number of carbonyl (C=O) groups is 1. The summed E-state index contributed by atoms with van der Waals surface area (Å²) in [7, 11) is 3.74. The summed E-state index contributed by atoms with van der Waals surface area (Å²) in [5.74, 6) is -0.0186. The predicted molar refractivity (Wildman–Crippen MR) is 108 cm³/mol. The predicted octanol–water partition coefficient (Wildman–Crippen LogP) is 2.55. The van der Waals surface area contributed by atoms with Crippen molar-refractivity contribution in [2.45, 2.75) is 20.4 Å². The number of rotatable bonds is 5. The van der Waals surface area contributed by atoms with Crippen LogP contribution in [0.4, 0.5) is 5.69 Å². The fourth-order valence-electron chi connectivity index (χ4n) is 3.30. The van der Waals surface area contributed by atoms with Crippen molar-refractivity contribution < 1.29 is 9.53 Å². The van der Waals surface area contributed by atoms with Gasteiger partial charge in [-0.3, -0.25) is 9.48 Å². The lowest BCUT2D eigenvalue weighted by Crippen LogP contribution is -2.36. The maximum absolute atomic E-state index is 12.5. The largest absolute Gasteiger partial charge is 0.378 e. The highest BCUT2D eigenvalue weighted by atomic mass is 16.5. The van der Waals surface area contributed by atoms with Gasteiger partial charge < -0.3 is 14.5 Å². The van der Waals surface area contributed by atoms with Crippen LogP contribution in [-0.4, -0.2) is 53.9 Å². The van der Waals surface area contributed by atoms with Gasteiger partial charge in [0, 0.05) is 56.8 Å². The molecular weight excluding hydrogens is 340 g/mol.